The van der Waals surface area contributed by atoms with Crippen LogP contribution in [0.3, 0.4) is 0 Å². The standard InChI is InChI=1S/C8H11N3O2/c12-8(13)6-2-1-5(3-6)7-9-4-10-11-7/h4-6H,1-3H2,(H,12,13)(H,9,10,11). The van der Waals surface area contributed by atoms with Crippen LogP contribution in [0.4, 0.5) is 0 Å². The molecule has 2 unspecified atom stereocenters. The Kier molecular flexibility index (Phi) is 2.00. The van der Waals surface area contributed by atoms with E-state index in [9.17, 15) is 4.79 Å². The van der Waals surface area contributed by atoms with Crippen molar-refractivity contribution in [2.75, 3.05) is 0 Å². The molecule has 1 aromatic rings. The van der Waals surface area contributed by atoms with Gasteiger partial charge in [-0.05, 0) is 19.3 Å². The molecule has 0 bridgehead atoms. The van der Waals surface area contributed by atoms with Crippen LogP contribution in [-0.4, -0.2) is 26.3 Å². The third-order valence-electron chi connectivity index (χ3n) is 2.60. The fraction of sp³-hybridized carbons (Fsp3) is 0.625. The summed E-state index contributed by atoms with van der Waals surface area (Å²) in [5.74, 6) is 0.185. The maximum Gasteiger partial charge on any atom is 0.306 e. The molecule has 2 rings (SSSR count). The molecule has 5 heteroatoms. The molecule has 1 aliphatic carbocycles. The molecule has 70 valence electrons. The van der Waals surface area contributed by atoms with E-state index in [-0.39, 0.29) is 11.8 Å². The molecule has 0 amide bonds. The first-order valence-corrected chi connectivity index (χ1v) is 4.35. The van der Waals surface area contributed by atoms with Gasteiger partial charge < -0.3 is 5.11 Å². The minimum absolute atomic E-state index is 0.199. The van der Waals surface area contributed by atoms with E-state index < -0.39 is 5.97 Å². The SMILES string of the molecule is O=C(O)C1CCC(c2ncn[nH]2)C1. The number of aliphatic carboxylic acids is 1. The van der Waals surface area contributed by atoms with Gasteiger partial charge in [0.1, 0.15) is 12.2 Å². The highest BCUT2D eigenvalue weighted by Gasteiger charge is 2.31. The topological polar surface area (TPSA) is 78.9 Å². The third-order valence-corrected chi connectivity index (χ3v) is 2.60. The maximum atomic E-state index is 10.7. The van der Waals surface area contributed by atoms with Gasteiger partial charge in [-0.2, -0.15) is 5.10 Å². The number of carboxylic acid groups (broad SMARTS) is 1. The molecule has 0 aliphatic heterocycles. The van der Waals surface area contributed by atoms with Crippen LogP contribution >= 0.6 is 0 Å². The Hall–Kier alpha value is -1.39. The highest BCUT2D eigenvalue weighted by Crippen LogP contribution is 2.36. The summed E-state index contributed by atoms with van der Waals surface area (Å²) in [4.78, 5) is 14.7. The second kappa shape index (κ2) is 3.16. The molecule has 13 heavy (non-hydrogen) atoms. The van der Waals surface area contributed by atoms with E-state index in [1.807, 2.05) is 0 Å². The van der Waals surface area contributed by atoms with Crippen molar-refractivity contribution in [1.82, 2.24) is 15.2 Å². The van der Waals surface area contributed by atoms with Crippen LogP contribution in [0.2, 0.25) is 0 Å². The zero-order chi connectivity index (χ0) is 9.26. The summed E-state index contributed by atoms with van der Waals surface area (Å²) >= 11 is 0. The van der Waals surface area contributed by atoms with Gasteiger partial charge in [0.2, 0.25) is 0 Å². The van der Waals surface area contributed by atoms with E-state index in [0.29, 0.717) is 6.42 Å². The Morgan fingerprint density at radius 1 is 1.62 bits per heavy atom. The highest BCUT2D eigenvalue weighted by molar-refractivity contribution is 5.70. The van der Waals surface area contributed by atoms with Crippen molar-refractivity contribution >= 4 is 5.97 Å². The Balaban J connectivity index is 2.03. The summed E-state index contributed by atoms with van der Waals surface area (Å²) in [6.45, 7) is 0. The summed E-state index contributed by atoms with van der Waals surface area (Å²) in [7, 11) is 0. The number of aromatic nitrogens is 3. The zero-order valence-corrected chi connectivity index (χ0v) is 7.10. The van der Waals surface area contributed by atoms with Crippen LogP contribution in [-0.2, 0) is 4.79 Å². The lowest BCUT2D eigenvalue weighted by atomic mass is 10.1. The van der Waals surface area contributed by atoms with Crippen molar-refractivity contribution in [3.05, 3.63) is 12.2 Å². The zero-order valence-electron chi connectivity index (χ0n) is 7.10. The number of carboxylic acids is 1. The second-order valence-corrected chi connectivity index (χ2v) is 3.42. The average molecular weight is 181 g/mol. The van der Waals surface area contributed by atoms with E-state index in [1.54, 1.807) is 0 Å². The minimum atomic E-state index is -0.693. The van der Waals surface area contributed by atoms with Gasteiger partial charge in [-0.1, -0.05) is 0 Å². The third kappa shape index (κ3) is 1.54. The largest absolute Gasteiger partial charge is 0.481 e. The van der Waals surface area contributed by atoms with E-state index >= 15 is 0 Å². The smallest absolute Gasteiger partial charge is 0.306 e. The molecule has 1 aromatic heterocycles. The molecule has 0 saturated heterocycles. The number of carbonyl (C=O) groups is 1. The van der Waals surface area contributed by atoms with E-state index in [1.165, 1.54) is 6.33 Å². The van der Waals surface area contributed by atoms with Gasteiger partial charge >= 0.3 is 5.97 Å². The Labute approximate surface area is 75.2 Å². The number of H-pyrrole nitrogens is 1. The molecule has 1 heterocycles. The van der Waals surface area contributed by atoms with E-state index in [0.717, 1.165) is 18.7 Å². The van der Waals surface area contributed by atoms with E-state index in [4.69, 9.17) is 5.11 Å². The average Bonchev–Trinajstić information content (AvgIpc) is 2.75. The van der Waals surface area contributed by atoms with Gasteiger partial charge in [0.25, 0.3) is 0 Å². The fourth-order valence-corrected chi connectivity index (χ4v) is 1.87. The lowest BCUT2D eigenvalue weighted by Crippen LogP contribution is -2.09. The van der Waals surface area contributed by atoms with Crippen molar-refractivity contribution in [3.8, 4) is 0 Å². The van der Waals surface area contributed by atoms with Crippen LogP contribution in [0.25, 0.3) is 0 Å². The molecule has 1 aliphatic rings. The maximum absolute atomic E-state index is 10.7. The first-order chi connectivity index (χ1) is 6.27. The summed E-state index contributed by atoms with van der Waals surface area (Å²) in [5.41, 5.74) is 0. The van der Waals surface area contributed by atoms with Crippen molar-refractivity contribution < 1.29 is 9.90 Å². The van der Waals surface area contributed by atoms with Gasteiger partial charge in [-0.3, -0.25) is 9.89 Å². The predicted molar refractivity (Wildman–Crippen MR) is 44.1 cm³/mol. The number of hydrogen-bond donors (Lipinski definition) is 2. The first-order valence-electron chi connectivity index (χ1n) is 4.35. The van der Waals surface area contributed by atoms with Gasteiger partial charge in [-0.15, -0.1) is 0 Å². The molecule has 0 radical (unpaired) electrons. The molecule has 1 saturated carbocycles. The predicted octanol–water partition coefficient (Wildman–Crippen LogP) is 0.773. The van der Waals surface area contributed by atoms with E-state index in [2.05, 4.69) is 15.2 Å². The van der Waals surface area contributed by atoms with Crippen molar-refractivity contribution in [2.24, 2.45) is 5.92 Å². The number of aromatic amines is 1. The van der Waals surface area contributed by atoms with Crippen LogP contribution in [0.15, 0.2) is 6.33 Å². The van der Waals surface area contributed by atoms with Crippen LogP contribution in [0, 0.1) is 5.92 Å². The molecule has 5 nitrogen and oxygen atoms in total. The quantitative estimate of drug-likeness (QED) is 0.706. The number of rotatable bonds is 2. The summed E-state index contributed by atoms with van der Waals surface area (Å²) in [6.07, 6.45) is 3.79. The van der Waals surface area contributed by atoms with Crippen molar-refractivity contribution in [1.29, 1.82) is 0 Å². The summed E-state index contributed by atoms with van der Waals surface area (Å²) < 4.78 is 0. The molecule has 0 aromatic carbocycles. The monoisotopic (exact) mass is 181 g/mol. The Bertz CT molecular complexity index is 296. The Morgan fingerprint density at radius 2 is 2.46 bits per heavy atom. The fourth-order valence-electron chi connectivity index (χ4n) is 1.87. The number of nitrogens with zero attached hydrogens (tertiary/aromatic N) is 2. The summed E-state index contributed by atoms with van der Waals surface area (Å²) in [6, 6.07) is 0. The lowest BCUT2D eigenvalue weighted by molar-refractivity contribution is -0.141. The molecule has 0 spiro atoms. The molecule has 2 atom stereocenters. The van der Waals surface area contributed by atoms with Crippen molar-refractivity contribution in [3.63, 3.8) is 0 Å². The number of hydrogen-bond acceptors (Lipinski definition) is 3. The Morgan fingerprint density at radius 3 is 3.00 bits per heavy atom. The van der Waals surface area contributed by atoms with Gasteiger partial charge in [0, 0.05) is 5.92 Å². The normalized spacial score (nSPS) is 27.7. The molecule has 1 fully saturated rings. The van der Waals surface area contributed by atoms with Gasteiger partial charge in [0.05, 0.1) is 5.92 Å². The van der Waals surface area contributed by atoms with Gasteiger partial charge in [-0.25, -0.2) is 4.98 Å². The molecule has 2 N–H and O–H groups in total. The van der Waals surface area contributed by atoms with Crippen molar-refractivity contribution in [2.45, 2.75) is 25.2 Å². The summed E-state index contributed by atoms with van der Waals surface area (Å²) in [5, 5.41) is 15.3. The van der Waals surface area contributed by atoms with Crippen LogP contribution < -0.4 is 0 Å². The first kappa shape index (κ1) is 8.22. The molecular weight excluding hydrogens is 170 g/mol. The van der Waals surface area contributed by atoms with Crippen LogP contribution in [0.1, 0.15) is 31.0 Å². The lowest BCUT2D eigenvalue weighted by Gasteiger charge is -2.03. The van der Waals surface area contributed by atoms with Crippen LogP contribution in [0.5, 0.6) is 0 Å². The van der Waals surface area contributed by atoms with Gasteiger partial charge in [0.15, 0.2) is 0 Å². The second-order valence-electron chi connectivity index (χ2n) is 3.42. The minimum Gasteiger partial charge on any atom is -0.481 e. The number of nitrogens with one attached hydrogen (secondary N) is 1. The molecular formula is C8H11N3O2. The highest BCUT2D eigenvalue weighted by atomic mass is 16.4.